The number of hydrogen-bond donors (Lipinski definition) is 0. The Hall–Kier alpha value is -0.860. The summed E-state index contributed by atoms with van der Waals surface area (Å²) in [6.07, 6.45) is 9.01. The molecule has 0 bridgehead atoms. The Morgan fingerprint density at radius 2 is 2.13 bits per heavy atom. The molecule has 1 saturated carbocycles. The summed E-state index contributed by atoms with van der Waals surface area (Å²) < 4.78 is 4.82. The molecule has 0 spiro atoms. The second-order valence-corrected chi connectivity index (χ2v) is 4.01. The summed E-state index contributed by atoms with van der Waals surface area (Å²) in [4.78, 5) is 15.3. The van der Waals surface area contributed by atoms with Gasteiger partial charge >= 0.3 is 5.97 Å². The first-order valence-corrected chi connectivity index (χ1v) is 5.98. The molecule has 0 aromatic carbocycles. The predicted octanol–water partition coefficient (Wildman–Crippen LogP) is 2.59. The standard InChI is InChI=1S/C12H21NO2/c1-2-15-12(14)8-9-13-10-11-6-4-3-5-7-11/h10-11H,2-9H2,1H3. The molecule has 0 N–H and O–H groups in total. The van der Waals surface area contributed by atoms with Crippen LogP contribution in [0.15, 0.2) is 4.99 Å². The number of hydrogen-bond acceptors (Lipinski definition) is 3. The lowest BCUT2D eigenvalue weighted by Gasteiger charge is -2.16. The smallest absolute Gasteiger partial charge is 0.307 e. The van der Waals surface area contributed by atoms with Crippen LogP contribution in [0, 0.1) is 5.92 Å². The van der Waals surface area contributed by atoms with Gasteiger partial charge in [-0.25, -0.2) is 0 Å². The van der Waals surface area contributed by atoms with E-state index in [1.54, 1.807) is 0 Å². The second kappa shape index (κ2) is 7.43. The summed E-state index contributed by atoms with van der Waals surface area (Å²) in [6, 6.07) is 0. The third kappa shape index (κ3) is 5.55. The summed E-state index contributed by atoms with van der Waals surface area (Å²) in [5.74, 6) is 0.513. The van der Waals surface area contributed by atoms with E-state index in [0.717, 1.165) is 0 Å². The van der Waals surface area contributed by atoms with Crippen LogP contribution < -0.4 is 0 Å². The molecule has 0 aromatic rings. The molecule has 0 heterocycles. The molecule has 0 radical (unpaired) electrons. The van der Waals surface area contributed by atoms with Gasteiger partial charge in [0.05, 0.1) is 13.0 Å². The molecule has 3 heteroatoms. The quantitative estimate of drug-likeness (QED) is 0.518. The second-order valence-electron chi connectivity index (χ2n) is 4.01. The lowest BCUT2D eigenvalue weighted by atomic mass is 9.90. The largest absolute Gasteiger partial charge is 0.466 e. The molecule has 0 aromatic heterocycles. The van der Waals surface area contributed by atoms with Gasteiger partial charge in [-0.1, -0.05) is 19.3 Å². The van der Waals surface area contributed by atoms with Crippen LogP contribution in [0.1, 0.15) is 45.4 Å². The van der Waals surface area contributed by atoms with Gasteiger partial charge in [0.25, 0.3) is 0 Å². The van der Waals surface area contributed by atoms with Gasteiger partial charge in [0, 0.05) is 12.8 Å². The van der Waals surface area contributed by atoms with Crippen LogP contribution in [0.4, 0.5) is 0 Å². The summed E-state index contributed by atoms with van der Waals surface area (Å²) in [5.41, 5.74) is 0. The normalized spacial score (nSPS) is 18.2. The van der Waals surface area contributed by atoms with Crippen LogP contribution in [-0.4, -0.2) is 25.3 Å². The Labute approximate surface area is 91.9 Å². The van der Waals surface area contributed by atoms with Crippen molar-refractivity contribution in [3.05, 3.63) is 0 Å². The minimum Gasteiger partial charge on any atom is -0.466 e. The molecule has 0 unspecified atom stereocenters. The van der Waals surface area contributed by atoms with Crippen molar-refractivity contribution in [2.75, 3.05) is 13.2 Å². The monoisotopic (exact) mass is 211 g/mol. The van der Waals surface area contributed by atoms with Crippen LogP contribution in [0.5, 0.6) is 0 Å². The van der Waals surface area contributed by atoms with E-state index in [-0.39, 0.29) is 5.97 Å². The molecule has 0 atom stereocenters. The van der Waals surface area contributed by atoms with E-state index in [2.05, 4.69) is 4.99 Å². The SMILES string of the molecule is CCOC(=O)CCN=CC1CCCCC1. The summed E-state index contributed by atoms with van der Waals surface area (Å²) in [7, 11) is 0. The molecule has 15 heavy (non-hydrogen) atoms. The van der Waals surface area contributed by atoms with Crippen molar-refractivity contribution >= 4 is 12.2 Å². The van der Waals surface area contributed by atoms with Crippen LogP contribution in [0.2, 0.25) is 0 Å². The lowest BCUT2D eigenvalue weighted by Crippen LogP contribution is -2.09. The highest BCUT2D eigenvalue weighted by Gasteiger charge is 2.10. The minimum absolute atomic E-state index is 0.140. The number of carbonyl (C=O) groups excluding carboxylic acids is 1. The molecule has 1 rings (SSSR count). The molecular formula is C12H21NO2. The highest BCUT2D eigenvalue weighted by molar-refractivity contribution is 5.70. The van der Waals surface area contributed by atoms with Crippen molar-refractivity contribution in [2.45, 2.75) is 45.4 Å². The number of ether oxygens (including phenoxy) is 1. The summed E-state index contributed by atoms with van der Waals surface area (Å²) in [5, 5.41) is 0. The van der Waals surface area contributed by atoms with Crippen LogP contribution in [0.25, 0.3) is 0 Å². The van der Waals surface area contributed by atoms with Gasteiger partial charge in [-0.15, -0.1) is 0 Å². The molecule has 0 saturated heterocycles. The van der Waals surface area contributed by atoms with E-state index < -0.39 is 0 Å². The Morgan fingerprint density at radius 3 is 2.80 bits per heavy atom. The van der Waals surface area contributed by atoms with Crippen molar-refractivity contribution < 1.29 is 9.53 Å². The van der Waals surface area contributed by atoms with E-state index in [0.29, 0.717) is 25.5 Å². The number of carbonyl (C=O) groups is 1. The van der Waals surface area contributed by atoms with Gasteiger partial charge in [-0.2, -0.15) is 0 Å². The van der Waals surface area contributed by atoms with E-state index in [4.69, 9.17) is 4.74 Å². The molecule has 1 fully saturated rings. The third-order valence-electron chi connectivity index (χ3n) is 2.72. The first-order chi connectivity index (χ1) is 7.33. The van der Waals surface area contributed by atoms with Crippen molar-refractivity contribution in [3.8, 4) is 0 Å². The number of esters is 1. The van der Waals surface area contributed by atoms with Crippen LogP contribution in [0.3, 0.4) is 0 Å². The van der Waals surface area contributed by atoms with E-state index in [1.807, 2.05) is 13.1 Å². The van der Waals surface area contributed by atoms with E-state index >= 15 is 0 Å². The maximum atomic E-state index is 11.0. The fourth-order valence-electron chi connectivity index (χ4n) is 1.90. The average Bonchev–Trinajstić information content (AvgIpc) is 2.26. The Balaban J connectivity index is 2.07. The van der Waals surface area contributed by atoms with Gasteiger partial charge in [-0.05, 0) is 25.7 Å². The molecule has 0 amide bonds. The zero-order chi connectivity index (χ0) is 10.9. The van der Waals surface area contributed by atoms with Gasteiger partial charge in [0.2, 0.25) is 0 Å². The molecular weight excluding hydrogens is 190 g/mol. The highest BCUT2D eigenvalue weighted by atomic mass is 16.5. The summed E-state index contributed by atoms with van der Waals surface area (Å²) in [6.45, 7) is 2.86. The van der Waals surface area contributed by atoms with Crippen LogP contribution in [-0.2, 0) is 9.53 Å². The minimum atomic E-state index is -0.140. The maximum Gasteiger partial charge on any atom is 0.307 e. The van der Waals surface area contributed by atoms with Crippen LogP contribution >= 0.6 is 0 Å². The topological polar surface area (TPSA) is 38.7 Å². The zero-order valence-electron chi connectivity index (χ0n) is 9.58. The van der Waals surface area contributed by atoms with Gasteiger partial charge in [-0.3, -0.25) is 9.79 Å². The average molecular weight is 211 g/mol. The third-order valence-corrected chi connectivity index (χ3v) is 2.72. The molecule has 1 aliphatic carbocycles. The van der Waals surface area contributed by atoms with Gasteiger partial charge in [0.15, 0.2) is 0 Å². The number of nitrogens with zero attached hydrogens (tertiary/aromatic N) is 1. The van der Waals surface area contributed by atoms with Gasteiger partial charge in [0.1, 0.15) is 0 Å². The number of aliphatic imine (C=N–C) groups is 1. The fraction of sp³-hybridized carbons (Fsp3) is 0.833. The Morgan fingerprint density at radius 1 is 1.40 bits per heavy atom. The molecule has 3 nitrogen and oxygen atoms in total. The van der Waals surface area contributed by atoms with Gasteiger partial charge < -0.3 is 4.74 Å². The number of rotatable bonds is 5. The Kier molecular flexibility index (Phi) is 6.05. The highest BCUT2D eigenvalue weighted by Crippen LogP contribution is 2.21. The fourth-order valence-corrected chi connectivity index (χ4v) is 1.90. The molecule has 1 aliphatic rings. The van der Waals surface area contributed by atoms with E-state index in [9.17, 15) is 4.79 Å². The predicted molar refractivity (Wildman–Crippen MR) is 61.2 cm³/mol. The van der Waals surface area contributed by atoms with Crippen molar-refractivity contribution in [3.63, 3.8) is 0 Å². The molecule has 0 aliphatic heterocycles. The Bertz CT molecular complexity index is 208. The summed E-state index contributed by atoms with van der Waals surface area (Å²) >= 11 is 0. The van der Waals surface area contributed by atoms with Crippen molar-refractivity contribution in [1.82, 2.24) is 0 Å². The first-order valence-electron chi connectivity index (χ1n) is 5.98. The van der Waals surface area contributed by atoms with Crippen molar-refractivity contribution in [1.29, 1.82) is 0 Å². The zero-order valence-corrected chi connectivity index (χ0v) is 9.58. The lowest BCUT2D eigenvalue weighted by molar-refractivity contribution is -0.142. The molecule has 86 valence electrons. The van der Waals surface area contributed by atoms with Crippen molar-refractivity contribution in [2.24, 2.45) is 10.9 Å². The maximum absolute atomic E-state index is 11.0. The first kappa shape index (κ1) is 12.2. The van der Waals surface area contributed by atoms with E-state index in [1.165, 1.54) is 32.1 Å².